The third-order valence-corrected chi connectivity index (χ3v) is 2.84. The largest absolute Gasteiger partial charge is 0.233 e. The SMILES string of the molecule is O=C=C1C=CC(CC2=CCC(=C=O)C=C2)=CC1. The zero-order valence-electron chi connectivity index (χ0n) is 9.40. The van der Waals surface area contributed by atoms with Crippen LogP contribution in [0.25, 0.3) is 0 Å². The van der Waals surface area contributed by atoms with Gasteiger partial charge in [0.25, 0.3) is 0 Å². The van der Waals surface area contributed by atoms with E-state index in [-0.39, 0.29) is 0 Å². The Morgan fingerprint density at radius 3 is 1.59 bits per heavy atom. The topological polar surface area (TPSA) is 34.1 Å². The maximum absolute atomic E-state index is 10.4. The molecule has 0 unspecified atom stereocenters. The Balaban J connectivity index is 2.01. The summed E-state index contributed by atoms with van der Waals surface area (Å²) in [5, 5.41) is 0. The summed E-state index contributed by atoms with van der Waals surface area (Å²) in [7, 11) is 0. The number of hydrogen-bond donors (Lipinski definition) is 0. The second-order valence-electron chi connectivity index (χ2n) is 4.06. The average molecular weight is 224 g/mol. The first-order valence-electron chi connectivity index (χ1n) is 5.54. The summed E-state index contributed by atoms with van der Waals surface area (Å²) < 4.78 is 0. The van der Waals surface area contributed by atoms with E-state index in [9.17, 15) is 9.59 Å². The fourth-order valence-electron chi connectivity index (χ4n) is 1.82. The highest BCUT2D eigenvalue weighted by atomic mass is 16.1. The van der Waals surface area contributed by atoms with Crippen molar-refractivity contribution in [2.24, 2.45) is 0 Å². The summed E-state index contributed by atoms with van der Waals surface area (Å²) in [5.74, 6) is 3.80. The van der Waals surface area contributed by atoms with Crippen molar-refractivity contribution in [1.82, 2.24) is 0 Å². The normalized spacial score (nSPS) is 18.4. The average Bonchev–Trinajstić information content (AvgIpc) is 2.40. The molecular weight excluding hydrogens is 212 g/mol. The quantitative estimate of drug-likeness (QED) is 0.676. The van der Waals surface area contributed by atoms with E-state index >= 15 is 0 Å². The monoisotopic (exact) mass is 224 g/mol. The van der Waals surface area contributed by atoms with Crippen molar-refractivity contribution in [3.05, 3.63) is 58.7 Å². The number of hydrogen-bond acceptors (Lipinski definition) is 2. The second kappa shape index (κ2) is 5.27. The molecule has 17 heavy (non-hydrogen) atoms. The molecule has 2 heteroatoms. The van der Waals surface area contributed by atoms with E-state index in [1.807, 2.05) is 48.3 Å². The van der Waals surface area contributed by atoms with Crippen molar-refractivity contribution in [2.45, 2.75) is 19.3 Å². The predicted octanol–water partition coefficient (Wildman–Crippen LogP) is 2.67. The molecule has 0 aromatic rings. The highest BCUT2D eigenvalue weighted by Gasteiger charge is 2.06. The zero-order valence-corrected chi connectivity index (χ0v) is 9.40. The smallest absolute Gasteiger partial charge is 0.128 e. The molecule has 0 fully saturated rings. The van der Waals surface area contributed by atoms with Crippen LogP contribution in [0.1, 0.15) is 19.3 Å². The summed E-state index contributed by atoms with van der Waals surface area (Å²) >= 11 is 0. The van der Waals surface area contributed by atoms with Crippen molar-refractivity contribution in [3.8, 4) is 0 Å². The molecule has 0 heterocycles. The minimum Gasteiger partial charge on any atom is -0.233 e. The maximum atomic E-state index is 10.4. The molecule has 0 amide bonds. The van der Waals surface area contributed by atoms with Gasteiger partial charge in [-0.05, 0) is 29.7 Å². The molecule has 0 bridgehead atoms. The van der Waals surface area contributed by atoms with Crippen LogP contribution in [0, 0.1) is 0 Å². The van der Waals surface area contributed by atoms with Gasteiger partial charge in [-0.25, -0.2) is 9.59 Å². The van der Waals surface area contributed by atoms with Crippen LogP contribution in [0.2, 0.25) is 0 Å². The van der Waals surface area contributed by atoms with Crippen LogP contribution in [-0.2, 0) is 9.59 Å². The molecule has 2 rings (SSSR count). The van der Waals surface area contributed by atoms with Gasteiger partial charge in [0.05, 0.1) is 0 Å². The van der Waals surface area contributed by atoms with E-state index in [4.69, 9.17) is 0 Å². The van der Waals surface area contributed by atoms with Gasteiger partial charge in [-0.3, -0.25) is 0 Å². The van der Waals surface area contributed by atoms with E-state index in [0.717, 1.165) is 6.42 Å². The Bertz CT molecular complexity index is 493. The lowest BCUT2D eigenvalue weighted by molar-refractivity contribution is 0.566. The summed E-state index contributed by atoms with van der Waals surface area (Å²) in [6.45, 7) is 0. The van der Waals surface area contributed by atoms with Gasteiger partial charge in [0, 0.05) is 24.0 Å². The highest BCUT2D eigenvalue weighted by molar-refractivity contribution is 5.61. The number of rotatable bonds is 2. The number of allylic oxidation sites excluding steroid dienone is 10. The first-order valence-corrected chi connectivity index (χ1v) is 5.54. The van der Waals surface area contributed by atoms with E-state index in [0.29, 0.717) is 24.0 Å². The highest BCUT2D eigenvalue weighted by Crippen LogP contribution is 2.23. The molecule has 2 aliphatic carbocycles. The molecule has 0 aliphatic heterocycles. The Labute approximate surface area is 100 Å². The second-order valence-corrected chi connectivity index (χ2v) is 4.06. The zero-order chi connectivity index (χ0) is 12.1. The maximum Gasteiger partial charge on any atom is 0.128 e. The van der Waals surface area contributed by atoms with Crippen LogP contribution in [0.3, 0.4) is 0 Å². The minimum absolute atomic E-state index is 0.659. The van der Waals surface area contributed by atoms with Crippen LogP contribution in [-0.4, -0.2) is 11.9 Å². The van der Waals surface area contributed by atoms with Crippen LogP contribution in [0.4, 0.5) is 0 Å². The Morgan fingerprint density at radius 1 is 0.824 bits per heavy atom. The molecule has 2 aliphatic rings. The molecule has 0 atom stereocenters. The lowest BCUT2D eigenvalue weighted by Crippen LogP contribution is -1.93. The van der Waals surface area contributed by atoms with E-state index < -0.39 is 0 Å². The molecule has 0 spiro atoms. The Hall–Kier alpha value is -2.14. The Kier molecular flexibility index (Phi) is 3.52. The van der Waals surface area contributed by atoms with Crippen LogP contribution >= 0.6 is 0 Å². The summed E-state index contributed by atoms with van der Waals surface area (Å²) in [4.78, 5) is 20.8. The number of carbonyl (C=O) groups excluding carboxylic acids is 2. The lowest BCUT2D eigenvalue weighted by Gasteiger charge is -2.10. The van der Waals surface area contributed by atoms with Gasteiger partial charge in [0.15, 0.2) is 0 Å². The van der Waals surface area contributed by atoms with Gasteiger partial charge in [-0.2, -0.15) is 0 Å². The first kappa shape index (κ1) is 11.3. The van der Waals surface area contributed by atoms with Crippen LogP contribution < -0.4 is 0 Å². The molecule has 0 aromatic carbocycles. The van der Waals surface area contributed by atoms with Gasteiger partial charge in [-0.1, -0.05) is 24.3 Å². The molecule has 0 radical (unpaired) electrons. The van der Waals surface area contributed by atoms with Gasteiger partial charge < -0.3 is 0 Å². The molecule has 0 N–H and O–H groups in total. The van der Waals surface area contributed by atoms with Crippen molar-refractivity contribution in [3.63, 3.8) is 0 Å². The molecule has 2 nitrogen and oxygen atoms in total. The van der Waals surface area contributed by atoms with Crippen LogP contribution in [0.15, 0.2) is 58.7 Å². The molecule has 0 saturated carbocycles. The van der Waals surface area contributed by atoms with Crippen molar-refractivity contribution >= 4 is 11.9 Å². The third-order valence-electron chi connectivity index (χ3n) is 2.84. The fraction of sp³-hybridized carbons (Fsp3) is 0.200. The van der Waals surface area contributed by atoms with Gasteiger partial charge in [0.1, 0.15) is 11.9 Å². The van der Waals surface area contributed by atoms with Gasteiger partial charge in [0.2, 0.25) is 0 Å². The van der Waals surface area contributed by atoms with E-state index in [1.165, 1.54) is 11.1 Å². The standard InChI is InChI=1S/C15H12O2/c16-10-14-5-1-12(2-6-14)9-13-3-7-15(11-17)8-4-13/h1-5,7H,6,8-9H2. The van der Waals surface area contributed by atoms with Crippen molar-refractivity contribution < 1.29 is 9.59 Å². The third kappa shape index (κ3) is 2.92. The molecular formula is C15H12O2. The molecule has 0 saturated heterocycles. The minimum atomic E-state index is 0.659. The predicted molar refractivity (Wildman–Crippen MR) is 66.7 cm³/mol. The van der Waals surface area contributed by atoms with E-state index in [2.05, 4.69) is 0 Å². The summed E-state index contributed by atoms with van der Waals surface area (Å²) in [5.41, 5.74) is 3.76. The molecule has 0 aromatic heterocycles. The van der Waals surface area contributed by atoms with Gasteiger partial charge >= 0.3 is 0 Å². The summed E-state index contributed by atoms with van der Waals surface area (Å²) in [6, 6.07) is 0. The van der Waals surface area contributed by atoms with E-state index in [1.54, 1.807) is 0 Å². The molecule has 84 valence electrons. The van der Waals surface area contributed by atoms with Gasteiger partial charge in [-0.15, -0.1) is 0 Å². The first-order chi connectivity index (χ1) is 8.31. The fourth-order valence-corrected chi connectivity index (χ4v) is 1.82. The Morgan fingerprint density at radius 2 is 1.29 bits per heavy atom. The summed E-state index contributed by atoms with van der Waals surface area (Å²) in [6.07, 6.45) is 13.8. The van der Waals surface area contributed by atoms with Crippen LogP contribution in [0.5, 0.6) is 0 Å². The van der Waals surface area contributed by atoms with Crippen molar-refractivity contribution in [2.75, 3.05) is 0 Å². The lowest BCUT2D eigenvalue weighted by atomic mass is 9.94. The van der Waals surface area contributed by atoms with Crippen molar-refractivity contribution in [1.29, 1.82) is 0 Å².